The number of hydrogen-bond acceptors (Lipinski definition) is 5. The van der Waals surface area contributed by atoms with Gasteiger partial charge in [0.25, 0.3) is 0 Å². The predicted molar refractivity (Wildman–Crippen MR) is 103 cm³/mol. The third-order valence-corrected chi connectivity index (χ3v) is 5.18. The molecule has 0 saturated carbocycles. The van der Waals surface area contributed by atoms with Crippen molar-refractivity contribution in [3.05, 3.63) is 46.3 Å². The minimum Gasteiger partial charge on any atom is -0.301 e. The van der Waals surface area contributed by atoms with Crippen molar-refractivity contribution in [2.75, 3.05) is 5.32 Å². The molecule has 0 radical (unpaired) electrons. The van der Waals surface area contributed by atoms with Crippen LogP contribution in [0.25, 0.3) is 11.3 Å². The number of anilines is 1. The van der Waals surface area contributed by atoms with E-state index < -0.39 is 0 Å². The minimum absolute atomic E-state index is 0.0559. The van der Waals surface area contributed by atoms with Crippen LogP contribution < -0.4 is 5.32 Å². The number of thiazole rings is 1. The Hall–Kier alpha value is -2.06. The summed E-state index contributed by atoms with van der Waals surface area (Å²) in [5.74, 6) is -0.303. The van der Waals surface area contributed by atoms with Gasteiger partial charge in [0.2, 0.25) is 5.91 Å². The first kappa shape index (κ1) is 17.8. The van der Waals surface area contributed by atoms with Crippen LogP contribution in [0.15, 0.2) is 40.7 Å². The van der Waals surface area contributed by atoms with Gasteiger partial charge < -0.3 is 5.32 Å². The van der Waals surface area contributed by atoms with Crippen molar-refractivity contribution in [1.29, 1.82) is 0 Å². The van der Waals surface area contributed by atoms with E-state index in [2.05, 4.69) is 43.2 Å². The van der Waals surface area contributed by atoms with Gasteiger partial charge in [-0.1, -0.05) is 30.7 Å². The normalized spacial score (nSPS) is 12.1. The molecule has 0 fully saturated rings. The van der Waals surface area contributed by atoms with Gasteiger partial charge in [-0.05, 0) is 34.0 Å². The van der Waals surface area contributed by atoms with Gasteiger partial charge in [0.05, 0.1) is 27.8 Å². The van der Waals surface area contributed by atoms with Crippen LogP contribution in [0.3, 0.4) is 0 Å². The van der Waals surface area contributed by atoms with E-state index in [1.54, 1.807) is 23.3 Å². The third-order valence-electron chi connectivity index (χ3n) is 3.79. The molecule has 0 aliphatic rings. The number of hydrogen-bond donors (Lipinski definition) is 1. The maximum absolute atomic E-state index is 12.7. The molecular formula is C17H18BrN5OS. The van der Waals surface area contributed by atoms with Crippen LogP contribution in [0, 0.1) is 0 Å². The molecular weight excluding hydrogens is 402 g/mol. The Morgan fingerprint density at radius 1 is 1.32 bits per heavy atom. The number of carbonyl (C=O) groups excluding carboxylic acids is 1. The van der Waals surface area contributed by atoms with Gasteiger partial charge in [-0.2, -0.15) is 5.10 Å². The van der Waals surface area contributed by atoms with Crippen LogP contribution >= 0.6 is 27.3 Å². The molecule has 8 heteroatoms. The number of rotatable bonds is 6. The van der Waals surface area contributed by atoms with E-state index in [1.165, 1.54) is 11.3 Å². The fraction of sp³-hybridized carbons (Fsp3) is 0.294. The standard InChI is InChI=1S/C17H18BrN5OS/c1-3-4-13(16(24)22-17-20-9-15(18)25-17)11-5-6-14(19-7-11)12-8-21-23(2)10-12/h5-10,13H,3-4H2,1-2H3,(H,20,22,24). The predicted octanol–water partition coefficient (Wildman–Crippen LogP) is 4.22. The van der Waals surface area contributed by atoms with Crippen LogP contribution in [0.5, 0.6) is 0 Å². The molecule has 1 amide bonds. The second-order valence-electron chi connectivity index (χ2n) is 5.68. The van der Waals surface area contributed by atoms with Gasteiger partial charge in [-0.15, -0.1) is 0 Å². The zero-order valence-electron chi connectivity index (χ0n) is 13.9. The summed E-state index contributed by atoms with van der Waals surface area (Å²) in [5, 5.41) is 7.65. The molecule has 0 aromatic carbocycles. The molecule has 6 nitrogen and oxygen atoms in total. The zero-order valence-corrected chi connectivity index (χ0v) is 16.3. The van der Waals surface area contributed by atoms with Gasteiger partial charge in [0.1, 0.15) is 0 Å². The molecule has 3 rings (SSSR count). The molecule has 0 bridgehead atoms. The Bertz CT molecular complexity index is 858. The number of nitrogens with zero attached hydrogens (tertiary/aromatic N) is 4. The van der Waals surface area contributed by atoms with Crippen LogP contribution in [-0.2, 0) is 11.8 Å². The molecule has 1 unspecified atom stereocenters. The van der Waals surface area contributed by atoms with E-state index in [9.17, 15) is 4.79 Å². The van der Waals surface area contributed by atoms with Crippen molar-refractivity contribution >= 4 is 38.3 Å². The molecule has 3 aromatic rings. The summed E-state index contributed by atoms with van der Waals surface area (Å²) in [6.45, 7) is 2.07. The monoisotopic (exact) mass is 419 g/mol. The number of aromatic nitrogens is 4. The highest BCUT2D eigenvalue weighted by molar-refractivity contribution is 9.11. The minimum atomic E-state index is -0.247. The lowest BCUT2D eigenvalue weighted by atomic mass is 9.94. The lowest BCUT2D eigenvalue weighted by Gasteiger charge is -2.15. The summed E-state index contributed by atoms with van der Waals surface area (Å²) in [6.07, 6.45) is 8.81. The highest BCUT2D eigenvalue weighted by Gasteiger charge is 2.21. The van der Waals surface area contributed by atoms with Crippen LogP contribution in [-0.4, -0.2) is 25.7 Å². The number of carbonyl (C=O) groups is 1. The first-order valence-corrected chi connectivity index (χ1v) is 9.55. The fourth-order valence-corrected chi connectivity index (χ4v) is 3.69. The summed E-state index contributed by atoms with van der Waals surface area (Å²) < 4.78 is 2.63. The highest BCUT2D eigenvalue weighted by Crippen LogP contribution is 2.27. The summed E-state index contributed by atoms with van der Waals surface area (Å²) in [6, 6.07) is 3.90. The van der Waals surface area contributed by atoms with Gasteiger partial charge in [0.15, 0.2) is 5.13 Å². The molecule has 0 spiro atoms. The van der Waals surface area contributed by atoms with Crippen molar-refractivity contribution < 1.29 is 4.79 Å². The summed E-state index contributed by atoms with van der Waals surface area (Å²) in [5.41, 5.74) is 2.71. The van der Waals surface area contributed by atoms with Crippen LogP contribution in [0.1, 0.15) is 31.2 Å². The summed E-state index contributed by atoms with van der Waals surface area (Å²) >= 11 is 4.75. The zero-order chi connectivity index (χ0) is 17.8. The third kappa shape index (κ3) is 4.32. The van der Waals surface area contributed by atoms with E-state index in [1.807, 2.05) is 25.4 Å². The lowest BCUT2D eigenvalue weighted by molar-refractivity contribution is -0.117. The quantitative estimate of drug-likeness (QED) is 0.648. The number of halogens is 1. The largest absolute Gasteiger partial charge is 0.301 e. The first-order valence-electron chi connectivity index (χ1n) is 7.94. The molecule has 0 saturated heterocycles. The van der Waals surface area contributed by atoms with E-state index >= 15 is 0 Å². The summed E-state index contributed by atoms with van der Waals surface area (Å²) in [7, 11) is 1.87. The first-order chi connectivity index (χ1) is 12.1. The lowest BCUT2D eigenvalue weighted by Crippen LogP contribution is -2.21. The number of nitrogens with one attached hydrogen (secondary N) is 1. The Morgan fingerprint density at radius 2 is 2.16 bits per heavy atom. The Balaban J connectivity index is 1.78. The van der Waals surface area contributed by atoms with E-state index in [0.29, 0.717) is 5.13 Å². The van der Waals surface area contributed by atoms with E-state index in [4.69, 9.17) is 0 Å². The fourth-order valence-electron chi connectivity index (χ4n) is 2.58. The van der Waals surface area contributed by atoms with Crippen molar-refractivity contribution in [2.24, 2.45) is 7.05 Å². The average molecular weight is 420 g/mol. The van der Waals surface area contributed by atoms with Crippen molar-refractivity contribution in [3.63, 3.8) is 0 Å². The molecule has 0 aliphatic carbocycles. The Kier molecular flexibility index (Phi) is 5.60. The summed E-state index contributed by atoms with van der Waals surface area (Å²) in [4.78, 5) is 21.3. The topological polar surface area (TPSA) is 72.7 Å². The van der Waals surface area contributed by atoms with Crippen LogP contribution in [0.2, 0.25) is 0 Å². The molecule has 3 heterocycles. The molecule has 1 N–H and O–H groups in total. The van der Waals surface area contributed by atoms with Gasteiger partial charge in [0, 0.05) is 25.0 Å². The second-order valence-corrected chi connectivity index (χ2v) is 8.09. The SMILES string of the molecule is CCCC(C(=O)Nc1ncc(Br)s1)c1ccc(-c2cnn(C)c2)nc1. The van der Waals surface area contributed by atoms with Crippen molar-refractivity contribution in [2.45, 2.75) is 25.7 Å². The van der Waals surface area contributed by atoms with Gasteiger partial charge in [-0.3, -0.25) is 14.5 Å². The Labute approximate surface area is 158 Å². The maximum atomic E-state index is 12.7. The molecule has 0 aliphatic heterocycles. The number of pyridine rings is 1. The maximum Gasteiger partial charge on any atom is 0.233 e. The van der Waals surface area contributed by atoms with Gasteiger partial charge >= 0.3 is 0 Å². The molecule has 1 atom stereocenters. The van der Waals surface area contributed by atoms with Crippen molar-refractivity contribution in [3.8, 4) is 11.3 Å². The molecule has 25 heavy (non-hydrogen) atoms. The Morgan fingerprint density at radius 3 is 2.72 bits per heavy atom. The van der Waals surface area contributed by atoms with E-state index in [-0.39, 0.29) is 11.8 Å². The molecule has 130 valence electrons. The second kappa shape index (κ2) is 7.88. The number of aryl methyl sites for hydroxylation is 1. The van der Waals surface area contributed by atoms with E-state index in [0.717, 1.165) is 33.4 Å². The smallest absolute Gasteiger partial charge is 0.233 e. The van der Waals surface area contributed by atoms with Crippen LogP contribution in [0.4, 0.5) is 5.13 Å². The van der Waals surface area contributed by atoms with Gasteiger partial charge in [-0.25, -0.2) is 4.98 Å². The molecule has 3 aromatic heterocycles. The number of amides is 1. The van der Waals surface area contributed by atoms with Crippen molar-refractivity contribution in [1.82, 2.24) is 19.7 Å². The average Bonchev–Trinajstić information content (AvgIpc) is 3.21. The highest BCUT2D eigenvalue weighted by atomic mass is 79.9.